The Bertz CT molecular complexity index is 588. The van der Waals surface area contributed by atoms with Gasteiger partial charge in [-0.05, 0) is 34.2 Å². The largest absolute Gasteiger partial charge is 0.312 e. The van der Waals surface area contributed by atoms with Gasteiger partial charge in [0.05, 0.1) is 16.4 Å². The van der Waals surface area contributed by atoms with Crippen LogP contribution in [-0.2, 0) is 13.5 Å². The molecule has 4 nitrogen and oxygen atoms in total. The number of hydrogen-bond acceptors (Lipinski definition) is 4. The van der Waals surface area contributed by atoms with Crippen LogP contribution in [0.3, 0.4) is 0 Å². The van der Waals surface area contributed by atoms with E-state index in [-0.39, 0.29) is 6.04 Å². The molecule has 1 unspecified atom stereocenters. The highest BCUT2D eigenvalue weighted by atomic mass is 35.5. The van der Waals surface area contributed by atoms with Crippen molar-refractivity contribution in [1.29, 1.82) is 0 Å². The van der Waals surface area contributed by atoms with E-state index < -0.39 is 0 Å². The molecule has 0 fully saturated rings. The van der Waals surface area contributed by atoms with Gasteiger partial charge in [0.1, 0.15) is 5.15 Å². The van der Waals surface area contributed by atoms with E-state index in [9.17, 15) is 0 Å². The first-order valence-corrected chi connectivity index (χ1v) is 7.42. The van der Waals surface area contributed by atoms with Crippen molar-refractivity contribution in [3.63, 3.8) is 0 Å². The summed E-state index contributed by atoms with van der Waals surface area (Å²) in [5, 5.41) is 9.54. The van der Waals surface area contributed by atoms with Gasteiger partial charge in [0, 0.05) is 23.5 Å². The van der Waals surface area contributed by atoms with E-state index in [4.69, 9.17) is 11.6 Å². The summed E-state index contributed by atoms with van der Waals surface area (Å²) >= 11 is 8.05. The number of halogens is 1. The van der Waals surface area contributed by atoms with Crippen LogP contribution in [0.4, 0.5) is 0 Å². The van der Waals surface area contributed by atoms with E-state index >= 15 is 0 Å². The molecule has 2 aromatic heterocycles. The third kappa shape index (κ3) is 2.83. The van der Waals surface area contributed by atoms with Gasteiger partial charge in [-0.15, -0.1) is 11.3 Å². The molecule has 1 atom stereocenters. The van der Waals surface area contributed by atoms with Crippen LogP contribution in [-0.4, -0.2) is 21.8 Å². The molecule has 0 radical (unpaired) electrons. The fraction of sp³-hybridized carbons (Fsp3) is 0.538. The van der Waals surface area contributed by atoms with Gasteiger partial charge in [0.2, 0.25) is 0 Å². The Morgan fingerprint density at radius 1 is 1.32 bits per heavy atom. The lowest BCUT2D eigenvalue weighted by Crippen LogP contribution is -2.19. The van der Waals surface area contributed by atoms with Crippen molar-refractivity contribution in [2.75, 3.05) is 7.05 Å². The number of likely N-dealkylation sites (N-methyl/N-ethyl adjacent to an activating group) is 1. The minimum absolute atomic E-state index is 0.228. The van der Waals surface area contributed by atoms with E-state index in [1.165, 1.54) is 4.88 Å². The van der Waals surface area contributed by atoms with Crippen molar-refractivity contribution in [2.45, 2.75) is 33.2 Å². The maximum Gasteiger partial charge on any atom is 0.130 e. The van der Waals surface area contributed by atoms with Gasteiger partial charge in [-0.3, -0.25) is 4.68 Å². The Balaban J connectivity index is 2.31. The summed E-state index contributed by atoms with van der Waals surface area (Å²) in [4.78, 5) is 5.77. The second kappa shape index (κ2) is 5.61. The third-order valence-electron chi connectivity index (χ3n) is 3.28. The zero-order valence-electron chi connectivity index (χ0n) is 11.9. The number of rotatable bonds is 4. The average Bonchev–Trinajstić information content (AvgIpc) is 2.79. The molecule has 0 spiro atoms. The maximum absolute atomic E-state index is 6.31. The van der Waals surface area contributed by atoms with Crippen LogP contribution < -0.4 is 5.32 Å². The van der Waals surface area contributed by atoms with Crippen LogP contribution >= 0.6 is 22.9 Å². The summed E-state index contributed by atoms with van der Waals surface area (Å²) in [7, 11) is 3.84. The first kappa shape index (κ1) is 14.5. The van der Waals surface area contributed by atoms with Gasteiger partial charge in [-0.25, -0.2) is 4.98 Å². The molecule has 104 valence electrons. The topological polar surface area (TPSA) is 42.7 Å². The van der Waals surface area contributed by atoms with Crippen molar-refractivity contribution in [3.8, 4) is 0 Å². The highest BCUT2D eigenvalue weighted by Crippen LogP contribution is 2.30. The van der Waals surface area contributed by atoms with Crippen LogP contribution in [0.5, 0.6) is 0 Å². The number of hydrogen-bond donors (Lipinski definition) is 1. The van der Waals surface area contributed by atoms with Crippen molar-refractivity contribution in [2.24, 2.45) is 7.05 Å². The smallest absolute Gasteiger partial charge is 0.130 e. The lowest BCUT2D eigenvalue weighted by atomic mass is 10.0. The SMILES string of the molecule is CNC(Cc1c(C)nn(C)c1Cl)c1sc(C)nc1C. The normalized spacial score (nSPS) is 12.9. The zero-order valence-corrected chi connectivity index (χ0v) is 13.5. The van der Waals surface area contributed by atoms with Gasteiger partial charge in [-0.2, -0.15) is 5.10 Å². The molecule has 6 heteroatoms. The molecule has 2 heterocycles. The summed E-state index contributed by atoms with van der Waals surface area (Å²) in [6.07, 6.45) is 0.831. The van der Waals surface area contributed by atoms with Crippen LogP contribution in [0, 0.1) is 20.8 Å². The Kier molecular flexibility index (Phi) is 4.28. The second-order valence-electron chi connectivity index (χ2n) is 4.71. The Morgan fingerprint density at radius 2 is 2.00 bits per heavy atom. The second-order valence-corrected chi connectivity index (χ2v) is 6.30. The predicted octanol–water partition coefficient (Wildman–Crippen LogP) is 2.96. The first-order chi connectivity index (χ1) is 8.93. The van der Waals surface area contributed by atoms with Gasteiger partial charge in [0.25, 0.3) is 0 Å². The molecule has 0 saturated carbocycles. The zero-order chi connectivity index (χ0) is 14.2. The van der Waals surface area contributed by atoms with Gasteiger partial charge in [-0.1, -0.05) is 11.6 Å². The number of thiazole rings is 1. The molecule has 0 bridgehead atoms. The van der Waals surface area contributed by atoms with Crippen molar-refractivity contribution in [1.82, 2.24) is 20.1 Å². The standard InChI is InChI=1S/C13H19ClN4S/c1-7-10(13(14)18(5)17-7)6-11(15-4)12-8(2)16-9(3)19-12/h11,15H,6H2,1-5H3. The molecule has 0 saturated heterocycles. The maximum atomic E-state index is 6.31. The molecule has 0 amide bonds. The lowest BCUT2D eigenvalue weighted by Gasteiger charge is -2.15. The van der Waals surface area contributed by atoms with Gasteiger partial charge in [0.15, 0.2) is 0 Å². The Labute approximate surface area is 122 Å². The fourth-order valence-electron chi connectivity index (χ4n) is 2.31. The molecule has 0 aliphatic heterocycles. The lowest BCUT2D eigenvalue weighted by molar-refractivity contribution is 0.596. The minimum Gasteiger partial charge on any atom is -0.312 e. The van der Waals surface area contributed by atoms with E-state index in [0.29, 0.717) is 0 Å². The van der Waals surface area contributed by atoms with E-state index in [2.05, 4.69) is 22.3 Å². The number of nitrogens with one attached hydrogen (secondary N) is 1. The summed E-state index contributed by atoms with van der Waals surface area (Å²) in [5.74, 6) is 0. The van der Waals surface area contributed by atoms with Crippen molar-refractivity contribution < 1.29 is 0 Å². The van der Waals surface area contributed by atoms with E-state index in [1.807, 2.05) is 27.9 Å². The van der Waals surface area contributed by atoms with Crippen LogP contribution in [0.2, 0.25) is 5.15 Å². The minimum atomic E-state index is 0.228. The highest BCUT2D eigenvalue weighted by Gasteiger charge is 2.20. The molecule has 0 aromatic carbocycles. The van der Waals surface area contributed by atoms with E-state index in [1.54, 1.807) is 16.0 Å². The summed E-state index contributed by atoms with van der Waals surface area (Å²) in [6, 6.07) is 0.228. The summed E-state index contributed by atoms with van der Waals surface area (Å²) < 4.78 is 1.73. The molecule has 0 aliphatic rings. The quantitative estimate of drug-likeness (QED) is 0.944. The van der Waals surface area contributed by atoms with Crippen molar-refractivity contribution >= 4 is 22.9 Å². The average molecular weight is 299 g/mol. The number of aryl methyl sites for hydroxylation is 4. The van der Waals surface area contributed by atoms with Crippen LogP contribution in [0.1, 0.15) is 32.9 Å². The molecule has 2 rings (SSSR count). The predicted molar refractivity (Wildman–Crippen MR) is 80.0 cm³/mol. The third-order valence-corrected chi connectivity index (χ3v) is 4.94. The van der Waals surface area contributed by atoms with Gasteiger partial charge < -0.3 is 5.32 Å². The van der Waals surface area contributed by atoms with E-state index in [0.717, 1.165) is 33.5 Å². The summed E-state index contributed by atoms with van der Waals surface area (Å²) in [6.45, 7) is 6.09. The monoisotopic (exact) mass is 298 g/mol. The molecule has 19 heavy (non-hydrogen) atoms. The highest BCUT2D eigenvalue weighted by molar-refractivity contribution is 7.11. The molecule has 0 aliphatic carbocycles. The summed E-state index contributed by atoms with van der Waals surface area (Å²) in [5.41, 5.74) is 3.19. The molecule has 1 N–H and O–H groups in total. The Hall–Kier alpha value is -0.910. The molecule has 2 aromatic rings. The van der Waals surface area contributed by atoms with Crippen LogP contribution in [0.15, 0.2) is 0 Å². The fourth-order valence-corrected chi connectivity index (χ4v) is 3.60. The van der Waals surface area contributed by atoms with Crippen LogP contribution in [0.25, 0.3) is 0 Å². The number of aromatic nitrogens is 3. The van der Waals surface area contributed by atoms with Gasteiger partial charge >= 0.3 is 0 Å². The Morgan fingerprint density at radius 3 is 2.42 bits per heavy atom. The van der Waals surface area contributed by atoms with Crippen molar-refractivity contribution in [3.05, 3.63) is 32.0 Å². The first-order valence-electron chi connectivity index (χ1n) is 6.23. The molecular formula is C13H19ClN4S. The molecular weight excluding hydrogens is 280 g/mol. The number of nitrogens with zero attached hydrogens (tertiary/aromatic N) is 3.